The molecule has 0 radical (unpaired) electrons. The van der Waals surface area contributed by atoms with Gasteiger partial charge in [0, 0.05) is 31.7 Å². The number of carbonyl (C=O) groups is 2. The fraction of sp³-hybridized carbons (Fsp3) is 0.357. The van der Waals surface area contributed by atoms with Gasteiger partial charge in [-0.25, -0.2) is 0 Å². The standard InChI is InChI=1S/C28H32N2O5/c1-3-16-35-23-11-10-22(19-20(23)2)26(31)24-25(21-8-5-4-6-9-21)30(28(33)27(24)32)13-7-12-29-14-17-34-18-15-29/h3-6,8-11,19,25,31H,1,7,12-18H2,2H3/b26-24-. The summed E-state index contributed by atoms with van der Waals surface area (Å²) in [6, 6.07) is 14.0. The summed E-state index contributed by atoms with van der Waals surface area (Å²) in [5, 5.41) is 11.3. The van der Waals surface area contributed by atoms with Gasteiger partial charge in [0.15, 0.2) is 0 Å². The van der Waals surface area contributed by atoms with Gasteiger partial charge in [-0.3, -0.25) is 14.5 Å². The van der Waals surface area contributed by atoms with Crippen molar-refractivity contribution in [2.45, 2.75) is 19.4 Å². The summed E-state index contributed by atoms with van der Waals surface area (Å²) < 4.78 is 11.0. The number of Topliss-reactive ketones (excluding diaryl/α,β-unsaturated/α-hetero) is 1. The van der Waals surface area contributed by atoms with E-state index in [0.717, 1.165) is 37.2 Å². The number of aliphatic hydroxyl groups excluding tert-OH is 1. The summed E-state index contributed by atoms with van der Waals surface area (Å²) in [5.41, 5.74) is 2.20. The van der Waals surface area contributed by atoms with E-state index in [0.29, 0.717) is 37.7 Å². The lowest BCUT2D eigenvalue weighted by Gasteiger charge is -2.29. The van der Waals surface area contributed by atoms with Crippen LogP contribution in [0.2, 0.25) is 0 Å². The number of likely N-dealkylation sites (tertiary alicyclic amines) is 1. The van der Waals surface area contributed by atoms with Crippen molar-refractivity contribution in [2.24, 2.45) is 0 Å². The van der Waals surface area contributed by atoms with Crippen LogP contribution in [0.3, 0.4) is 0 Å². The van der Waals surface area contributed by atoms with Gasteiger partial charge in [-0.05, 0) is 42.7 Å². The van der Waals surface area contributed by atoms with Crippen molar-refractivity contribution in [3.8, 4) is 5.75 Å². The quantitative estimate of drug-likeness (QED) is 0.257. The molecule has 184 valence electrons. The maximum absolute atomic E-state index is 13.2. The molecule has 1 atom stereocenters. The first kappa shape index (κ1) is 24.7. The first-order valence-electron chi connectivity index (χ1n) is 12.0. The molecule has 1 N–H and O–H groups in total. The molecule has 2 aliphatic heterocycles. The second-order valence-corrected chi connectivity index (χ2v) is 8.79. The number of rotatable bonds is 9. The minimum atomic E-state index is -0.660. The number of morpholine rings is 1. The highest BCUT2D eigenvalue weighted by molar-refractivity contribution is 6.46. The number of hydrogen-bond acceptors (Lipinski definition) is 6. The minimum Gasteiger partial charge on any atom is -0.507 e. The van der Waals surface area contributed by atoms with E-state index in [-0.39, 0.29) is 11.3 Å². The van der Waals surface area contributed by atoms with Gasteiger partial charge in [-0.15, -0.1) is 0 Å². The Morgan fingerprint density at radius 3 is 2.57 bits per heavy atom. The zero-order valence-electron chi connectivity index (χ0n) is 20.1. The molecule has 0 saturated carbocycles. The van der Waals surface area contributed by atoms with Crippen molar-refractivity contribution >= 4 is 17.4 Å². The lowest BCUT2D eigenvalue weighted by molar-refractivity contribution is -0.140. The number of hydrogen-bond donors (Lipinski definition) is 1. The Morgan fingerprint density at radius 2 is 1.89 bits per heavy atom. The van der Waals surface area contributed by atoms with Crippen LogP contribution >= 0.6 is 0 Å². The number of aliphatic hydroxyl groups is 1. The second-order valence-electron chi connectivity index (χ2n) is 8.79. The van der Waals surface area contributed by atoms with E-state index < -0.39 is 17.7 Å². The summed E-state index contributed by atoms with van der Waals surface area (Å²) in [4.78, 5) is 30.2. The highest BCUT2D eigenvalue weighted by atomic mass is 16.5. The van der Waals surface area contributed by atoms with Crippen LogP contribution in [-0.4, -0.2) is 72.6 Å². The minimum absolute atomic E-state index is 0.117. The Kier molecular flexibility index (Phi) is 8.00. The Hall–Kier alpha value is -3.42. The summed E-state index contributed by atoms with van der Waals surface area (Å²) in [5.74, 6) is -0.742. The van der Waals surface area contributed by atoms with Crippen molar-refractivity contribution in [1.29, 1.82) is 0 Å². The van der Waals surface area contributed by atoms with Gasteiger partial charge in [0.1, 0.15) is 18.1 Å². The zero-order chi connectivity index (χ0) is 24.8. The molecule has 7 nitrogen and oxygen atoms in total. The van der Waals surface area contributed by atoms with Gasteiger partial charge in [0.25, 0.3) is 11.7 Å². The fourth-order valence-corrected chi connectivity index (χ4v) is 4.64. The average Bonchev–Trinajstić information content (AvgIpc) is 3.13. The van der Waals surface area contributed by atoms with E-state index in [1.54, 1.807) is 29.2 Å². The van der Waals surface area contributed by atoms with Gasteiger partial charge in [0.05, 0.1) is 24.8 Å². The number of carbonyl (C=O) groups excluding carboxylic acids is 2. The van der Waals surface area contributed by atoms with Crippen molar-refractivity contribution in [1.82, 2.24) is 9.80 Å². The molecule has 1 unspecified atom stereocenters. The Bertz CT molecular complexity index is 1110. The maximum Gasteiger partial charge on any atom is 0.295 e. The predicted octanol–water partition coefficient (Wildman–Crippen LogP) is 3.70. The molecular weight excluding hydrogens is 444 g/mol. The van der Waals surface area contributed by atoms with Crippen LogP contribution in [0.15, 0.2) is 66.8 Å². The van der Waals surface area contributed by atoms with Crippen molar-refractivity contribution in [2.75, 3.05) is 46.0 Å². The molecule has 35 heavy (non-hydrogen) atoms. The molecule has 0 spiro atoms. The normalized spacial score (nSPS) is 20.3. The number of benzene rings is 2. The van der Waals surface area contributed by atoms with E-state index in [4.69, 9.17) is 9.47 Å². The van der Waals surface area contributed by atoms with Crippen LogP contribution < -0.4 is 4.74 Å². The molecule has 0 aromatic heterocycles. The third-order valence-electron chi connectivity index (χ3n) is 6.44. The van der Waals surface area contributed by atoms with Gasteiger partial charge in [-0.2, -0.15) is 0 Å². The number of aryl methyl sites for hydroxylation is 1. The van der Waals surface area contributed by atoms with Gasteiger partial charge >= 0.3 is 0 Å². The van der Waals surface area contributed by atoms with Crippen LogP contribution in [0, 0.1) is 6.92 Å². The average molecular weight is 477 g/mol. The maximum atomic E-state index is 13.2. The lowest BCUT2D eigenvalue weighted by Crippen LogP contribution is -2.38. The molecule has 2 heterocycles. The SMILES string of the molecule is C=CCOc1ccc(/C(O)=C2/C(=O)C(=O)N(CCCN3CCOCC3)C2c2ccccc2)cc1C. The number of ether oxygens (including phenoxy) is 2. The Morgan fingerprint density at radius 1 is 1.14 bits per heavy atom. The van der Waals surface area contributed by atoms with Crippen LogP contribution in [0.25, 0.3) is 5.76 Å². The molecule has 7 heteroatoms. The van der Waals surface area contributed by atoms with E-state index in [1.165, 1.54) is 0 Å². The smallest absolute Gasteiger partial charge is 0.295 e. The van der Waals surface area contributed by atoms with E-state index >= 15 is 0 Å². The first-order valence-corrected chi connectivity index (χ1v) is 12.0. The molecule has 2 fully saturated rings. The predicted molar refractivity (Wildman–Crippen MR) is 134 cm³/mol. The molecule has 2 aromatic carbocycles. The van der Waals surface area contributed by atoms with E-state index in [1.807, 2.05) is 37.3 Å². The van der Waals surface area contributed by atoms with Gasteiger partial charge in [0.2, 0.25) is 0 Å². The largest absolute Gasteiger partial charge is 0.507 e. The van der Waals surface area contributed by atoms with Crippen LogP contribution in [0.5, 0.6) is 5.75 Å². The number of amides is 1. The summed E-state index contributed by atoms with van der Waals surface area (Å²) >= 11 is 0. The number of ketones is 1. The molecule has 0 aliphatic carbocycles. The number of nitrogens with zero attached hydrogens (tertiary/aromatic N) is 2. The molecule has 0 bridgehead atoms. The second kappa shape index (κ2) is 11.3. The van der Waals surface area contributed by atoms with Crippen LogP contribution in [0.4, 0.5) is 0 Å². The third kappa shape index (κ3) is 5.47. The van der Waals surface area contributed by atoms with Crippen molar-refractivity contribution in [3.05, 3.63) is 83.4 Å². The molecule has 1 amide bonds. The van der Waals surface area contributed by atoms with Crippen molar-refractivity contribution in [3.63, 3.8) is 0 Å². The van der Waals surface area contributed by atoms with Crippen LogP contribution in [0.1, 0.15) is 29.2 Å². The Labute approximate surface area is 206 Å². The Balaban J connectivity index is 1.64. The lowest BCUT2D eigenvalue weighted by atomic mass is 9.95. The molecule has 2 aliphatic rings. The highest BCUT2D eigenvalue weighted by Gasteiger charge is 2.45. The van der Waals surface area contributed by atoms with Crippen LogP contribution in [-0.2, 0) is 14.3 Å². The molecule has 2 saturated heterocycles. The monoisotopic (exact) mass is 476 g/mol. The molecular formula is C28H32N2O5. The van der Waals surface area contributed by atoms with Gasteiger partial charge < -0.3 is 19.5 Å². The van der Waals surface area contributed by atoms with Crippen molar-refractivity contribution < 1.29 is 24.2 Å². The van der Waals surface area contributed by atoms with Gasteiger partial charge in [-0.1, -0.05) is 43.0 Å². The summed E-state index contributed by atoms with van der Waals surface area (Å²) in [7, 11) is 0. The highest BCUT2D eigenvalue weighted by Crippen LogP contribution is 2.39. The van der Waals surface area contributed by atoms with E-state index in [9.17, 15) is 14.7 Å². The fourth-order valence-electron chi connectivity index (χ4n) is 4.64. The molecule has 4 rings (SSSR count). The third-order valence-corrected chi connectivity index (χ3v) is 6.44. The first-order chi connectivity index (χ1) is 17.0. The summed E-state index contributed by atoms with van der Waals surface area (Å²) in [6.07, 6.45) is 2.39. The molecule has 2 aromatic rings. The topological polar surface area (TPSA) is 79.3 Å². The summed E-state index contributed by atoms with van der Waals surface area (Å²) in [6.45, 7) is 10.3. The zero-order valence-corrected chi connectivity index (χ0v) is 20.1. The van der Waals surface area contributed by atoms with E-state index in [2.05, 4.69) is 11.5 Å².